The van der Waals surface area contributed by atoms with Crippen molar-refractivity contribution in [3.05, 3.63) is 35.4 Å². The molecule has 2 rings (SSSR count). The van der Waals surface area contributed by atoms with E-state index in [2.05, 4.69) is 35.3 Å². The normalized spacial score (nSPS) is 19.8. The SMILES string of the molecule is CC1CCCN(Cc2ccccc2CNC(=O)N(C)C(C)CO)C1. The van der Waals surface area contributed by atoms with E-state index in [1.54, 1.807) is 7.05 Å². The van der Waals surface area contributed by atoms with E-state index in [9.17, 15) is 4.79 Å². The third kappa shape index (κ3) is 5.21. The van der Waals surface area contributed by atoms with Crippen LogP contribution < -0.4 is 5.32 Å². The predicted octanol–water partition coefficient (Wildman–Crippen LogP) is 2.44. The molecule has 0 radical (unpaired) electrons. The Labute approximate surface area is 145 Å². The van der Waals surface area contributed by atoms with Crippen LogP contribution in [0.4, 0.5) is 4.79 Å². The molecule has 2 unspecified atom stereocenters. The molecule has 1 heterocycles. The summed E-state index contributed by atoms with van der Waals surface area (Å²) in [5.74, 6) is 0.763. The lowest BCUT2D eigenvalue weighted by Gasteiger charge is -2.31. The lowest BCUT2D eigenvalue weighted by molar-refractivity contribution is 0.157. The largest absolute Gasteiger partial charge is 0.394 e. The van der Waals surface area contributed by atoms with Crippen LogP contribution in [0.1, 0.15) is 37.8 Å². The van der Waals surface area contributed by atoms with Gasteiger partial charge >= 0.3 is 6.03 Å². The molecule has 0 saturated carbocycles. The van der Waals surface area contributed by atoms with Gasteiger partial charge in [-0.25, -0.2) is 4.79 Å². The molecule has 5 nitrogen and oxygen atoms in total. The Morgan fingerprint density at radius 2 is 2.12 bits per heavy atom. The van der Waals surface area contributed by atoms with Gasteiger partial charge in [0.15, 0.2) is 0 Å². The summed E-state index contributed by atoms with van der Waals surface area (Å²) in [4.78, 5) is 16.2. The molecule has 2 amide bonds. The number of nitrogens with one attached hydrogen (secondary N) is 1. The number of carbonyl (C=O) groups excluding carboxylic acids is 1. The third-order valence-corrected chi connectivity index (χ3v) is 4.93. The first kappa shape index (κ1) is 18.7. The van der Waals surface area contributed by atoms with Gasteiger partial charge in [-0.1, -0.05) is 31.2 Å². The van der Waals surface area contributed by atoms with E-state index in [0.717, 1.165) is 31.1 Å². The summed E-state index contributed by atoms with van der Waals surface area (Å²) in [5.41, 5.74) is 2.44. The summed E-state index contributed by atoms with van der Waals surface area (Å²) in [7, 11) is 1.71. The van der Waals surface area contributed by atoms with E-state index in [1.807, 2.05) is 13.0 Å². The second-order valence-corrected chi connectivity index (χ2v) is 7.05. The van der Waals surface area contributed by atoms with Crippen LogP contribution in [0.25, 0.3) is 0 Å². The number of aliphatic hydroxyl groups is 1. The van der Waals surface area contributed by atoms with Gasteiger partial charge in [0.25, 0.3) is 0 Å². The Bertz CT molecular complexity index is 535. The van der Waals surface area contributed by atoms with Gasteiger partial charge in [0.05, 0.1) is 12.6 Å². The number of hydrogen-bond donors (Lipinski definition) is 2. The fourth-order valence-electron chi connectivity index (χ4n) is 3.17. The third-order valence-electron chi connectivity index (χ3n) is 4.93. The summed E-state index contributed by atoms with van der Waals surface area (Å²) in [6.07, 6.45) is 2.59. The predicted molar refractivity (Wildman–Crippen MR) is 96.7 cm³/mol. The van der Waals surface area contributed by atoms with Crippen LogP contribution in [0.15, 0.2) is 24.3 Å². The van der Waals surface area contributed by atoms with Gasteiger partial charge in [-0.2, -0.15) is 0 Å². The zero-order chi connectivity index (χ0) is 17.5. The van der Waals surface area contributed by atoms with Crippen molar-refractivity contribution in [1.29, 1.82) is 0 Å². The molecule has 1 aliphatic heterocycles. The smallest absolute Gasteiger partial charge is 0.317 e. The number of nitrogens with zero attached hydrogens (tertiary/aromatic N) is 2. The quantitative estimate of drug-likeness (QED) is 0.841. The molecule has 0 aromatic heterocycles. The van der Waals surface area contributed by atoms with Gasteiger partial charge in [0.1, 0.15) is 0 Å². The molecule has 1 saturated heterocycles. The van der Waals surface area contributed by atoms with Crippen LogP contribution in [-0.2, 0) is 13.1 Å². The fourth-order valence-corrected chi connectivity index (χ4v) is 3.17. The minimum absolute atomic E-state index is 0.0341. The van der Waals surface area contributed by atoms with E-state index in [0.29, 0.717) is 6.54 Å². The number of aliphatic hydroxyl groups excluding tert-OH is 1. The van der Waals surface area contributed by atoms with Gasteiger partial charge in [0.2, 0.25) is 0 Å². The highest BCUT2D eigenvalue weighted by Crippen LogP contribution is 2.19. The number of benzene rings is 1. The molecule has 1 fully saturated rings. The summed E-state index contributed by atoms with van der Waals surface area (Å²) in [6, 6.07) is 7.98. The Morgan fingerprint density at radius 1 is 1.42 bits per heavy atom. The van der Waals surface area contributed by atoms with Gasteiger partial charge in [0, 0.05) is 26.7 Å². The highest BCUT2D eigenvalue weighted by molar-refractivity contribution is 5.74. The Balaban J connectivity index is 1.94. The molecule has 5 heteroatoms. The van der Waals surface area contributed by atoms with E-state index < -0.39 is 0 Å². The first-order valence-electron chi connectivity index (χ1n) is 8.92. The molecular formula is C19H31N3O2. The van der Waals surface area contributed by atoms with Crippen molar-refractivity contribution in [2.45, 2.75) is 45.8 Å². The number of urea groups is 1. The van der Waals surface area contributed by atoms with Crippen LogP contribution >= 0.6 is 0 Å². The lowest BCUT2D eigenvalue weighted by atomic mass is 9.99. The highest BCUT2D eigenvalue weighted by Gasteiger charge is 2.18. The topological polar surface area (TPSA) is 55.8 Å². The zero-order valence-corrected chi connectivity index (χ0v) is 15.2. The molecule has 2 N–H and O–H groups in total. The van der Waals surface area contributed by atoms with Crippen molar-refractivity contribution in [2.24, 2.45) is 5.92 Å². The van der Waals surface area contributed by atoms with Gasteiger partial charge in [-0.3, -0.25) is 4.90 Å². The van der Waals surface area contributed by atoms with Crippen molar-refractivity contribution in [3.63, 3.8) is 0 Å². The van der Waals surface area contributed by atoms with E-state index >= 15 is 0 Å². The van der Waals surface area contributed by atoms with E-state index in [-0.39, 0.29) is 18.7 Å². The fraction of sp³-hybridized carbons (Fsp3) is 0.632. The molecular weight excluding hydrogens is 302 g/mol. The molecule has 1 aromatic carbocycles. The van der Waals surface area contributed by atoms with Crippen LogP contribution in [0.2, 0.25) is 0 Å². The molecule has 0 bridgehead atoms. The maximum atomic E-state index is 12.2. The molecule has 1 aromatic rings. The summed E-state index contributed by atoms with van der Waals surface area (Å²) >= 11 is 0. The van der Waals surface area contributed by atoms with Crippen LogP contribution in [0.3, 0.4) is 0 Å². The van der Waals surface area contributed by atoms with Gasteiger partial charge < -0.3 is 15.3 Å². The molecule has 0 aliphatic carbocycles. The number of amides is 2. The minimum atomic E-state index is -0.185. The number of carbonyl (C=O) groups is 1. The van der Waals surface area contributed by atoms with Gasteiger partial charge in [-0.05, 0) is 43.4 Å². The Kier molecular flexibility index (Phi) is 7.06. The number of piperidine rings is 1. The maximum absolute atomic E-state index is 12.2. The van der Waals surface area contributed by atoms with Crippen LogP contribution in [0.5, 0.6) is 0 Å². The number of likely N-dealkylation sites (N-methyl/N-ethyl adjacent to an activating group) is 1. The Hall–Kier alpha value is -1.59. The Morgan fingerprint density at radius 3 is 2.79 bits per heavy atom. The van der Waals surface area contributed by atoms with Crippen molar-refractivity contribution in [3.8, 4) is 0 Å². The van der Waals surface area contributed by atoms with Crippen molar-refractivity contribution in [2.75, 3.05) is 26.7 Å². The molecule has 24 heavy (non-hydrogen) atoms. The highest BCUT2D eigenvalue weighted by atomic mass is 16.3. The monoisotopic (exact) mass is 333 g/mol. The van der Waals surface area contributed by atoms with Crippen molar-refractivity contribution in [1.82, 2.24) is 15.1 Å². The standard InChI is InChI=1S/C19H31N3O2/c1-15-7-6-10-22(12-15)13-18-9-5-4-8-17(18)11-20-19(24)21(3)16(2)14-23/h4-5,8-9,15-16,23H,6-7,10-14H2,1-3H3,(H,20,24). The minimum Gasteiger partial charge on any atom is -0.394 e. The number of rotatable bonds is 6. The van der Waals surface area contributed by atoms with Crippen LogP contribution in [0, 0.1) is 5.92 Å². The lowest BCUT2D eigenvalue weighted by Crippen LogP contribution is -2.43. The molecule has 0 spiro atoms. The number of likely N-dealkylation sites (tertiary alicyclic amines) is 1. The second kappa shape index (κ2) is 9.04. The maximum Gasteiger partial charge on any atom is 0.317 e. The van der Waals surface area contributed by atoms with E-state index in [4.69, 9.17) is 5.11 Å². The average molecular weight is 333 g/mol. The summed E-state index contributed by atoms with van der Waals surface area (Å²) in [5, 5.41) is 12.1. The molecule has 2 atom stereocenters. The van der Waals surface area contributed by atoms with Gasteiger partial charge in [-0.15, -0.1) is 0 Å². The first-order chi connectivity index (χ1) is 11.5. The number of hydrogen-bond acceptors (Lipinski definition) is 3. The molecule has 1 aliphatic rings. The first-order valence-corrected chi connectivity index (χ1v) is 8.92. The van der Waals surface area contributed by atoms with Crippen molar-refractivity contribution < 1.29 is 9.90 Å². The summed E-state index contributed by atoms with van der Waals surface area (Å²) < 4.78 is 0. The molecule has 134 valence electrons. The summed E-state index contributed by atoms with van der Waals surface area (Å²) in [6.45, 7) is 7.87. The van der Waals surface area contributed by atoms with E-state index in [1.165, 1.54) is 23.3 Å². The zero-order valence-electron chi connectivity index (χ0n) is 15.2. The average Bonchev–Trinajstić information content (AvgIpc) is 2.59. The van der Waals surface area contributed by atoms with Crippen molar-refractivity contribution >= 4 is 6.03 Å². The second-order valence-electron chi connectivity index (χ2n) is 7.05. The van der Waals surface area contributed by atoms with Crippen LogP contribution in [-0.4, -0.2) is 53.7 Å².